The lowest BCUT2D eigenvalue weighted by molar-refractivity contribution is 0.0602. The summed E-state index contributed by atoms with van der Waals surface area (Å²) in [6.07, 6.45) is 0. The largest absolute Gasteiger partial charge is 0.495 e. The molecule has 0 aliphatic rings. The Kier molecular flexibility index (Phi) is 4.33. The summed E-state index contributed by atoms with van der Waals surface area (Å²) >= 11 is 0. The molecule has 0 saturated heterocycles. The molecule has 0 spiro atoms. The molecule has 0 saturated carbocycles. The molecule has 0 radical (unpaired) electrons. The Bertz CT molecular complexity index is 669. The van der Waals surface area contributed by atoms with Gasteiger partial charge in [0.1, 0.15) is 5.75 Å². The van der Waals surface area contributed by atoms with Crippen LogP contribution in [-0.2, 0) is 4.74 Å². The predicted octanol–water partition coefficient (Wildman–Crippen LogP) is 3.12. The van der Waals surface area contributed by atoms with E-state index < -0.39 is 5.97 Å². The van der Waals surface area contributed by atoms with Crippen molar-refractivity contribution < 1.29 is 14.3 Å². The second-order valence-electron chi connectivity index (χ2n) is 4.59. The number of nitrogens with two attached hydrogens (primary N) is 1. The van der Waals surface area contributed by atoms with Crippen molar-refractivity contribution in [2.75, 3.05) is 25.3 Å². The average Bonchev–Trinajstić information content (AvgIpc) is 2.49. The molecule has 0 unspecified atom stereocenters. The molecule has 110 valence electrons. The fourth-order valence-electron chi connectivity index (χ4n) is 2.03. The maximum atomic E-state index is 11.7. The lowest BCUT2D eigenvalue weighted by Gasteiger charge is -2.15. The number of ether oxygens (including phenoxy) is 2. The van der Waals surface area contributed by atoms with Gasteiger partial charge in [0.2, 0.25) is 0 Å². The second kappa shape index (κ2) is 6.17. The lowest BCUT2D eigenvalue weighted by atomic mass is 10.1. The van der Waals surface area contributed by atoms with Crippen molar-refractivity contribution in [3.05, 3.63) is 47.5 Å². The SMILES string of the molecule is COC(=O)c1cccc(Nc2cc(C)ccc2OC)c1N. The Labute approximate surface area is 123 Å². The minimum absolute atomic E-state index is 0.328. The van der Waals surface area contributed by atoms with Crippen LogP contribution in [0.25, 0.3) is 0 Å². The monoisotopic (exact) mass is 286 g/mol. The molecular weight excluding hydrogens is 268 g/mol. The minimum atomic E-state index is -0.465. The van der Waals surface area contributed by atoms with Crippen LogP contribution in [0.2, 0.25) is 0 Å². The van der Waals surface area contributed by atoms with E-state index in [1.807, 2.05) is 25.1 Å². The Hall–Kier alpha value is -2.69. The van der Waals surface area contributed by atoms with Crippen molar-refractivity contribution in [1.82, 2.24) is 0 Å². The van der Waals surface area contributed by atoms with Gasteiger partial charge in [-0.3, -0.25) is 0 Å². The molecule has 5 nitrogen and oxygen atoms in total. The van der Waals surface area contributed by atoms with Crippen LogP contribution >= 0.6 is 0 Å². The van der Waals surface area contributed by atoms with Crippen LogP contribution in [-0.4, -0.2) is 20.2 Å². The Morgan fingerprint density at radius 3 is 2.57 bits per heavy atom. The topological polar surface area (TPSA) is 73.6 Å². The van der Waals surface area contributed by atoms with Gasteiger partial charge in [0.05, 0.1) is 36.8 Å². The molecule has 5 heteroatoms. The van der Waals surface area contributed by atoms with Gasteiger partial charge < -0.3 is 20.5 Å². The Morgan fingerprint density at radius 1 is 1.14 bits per heavy atom. The molecule has 0 aliphatic carbocycles. The number of rotatable bonds is 4. The summed E-state index contributed by atoms with van der Waals surface area (Å²) in [4.78, 5) is 11.7. The molecule has 0 aromatic heterocycles. The fourth-order valence-corrected chi connectivity index (χ4v) is 2.03. The highest BCUT2D eigenvalue weighted by Crippen LogP contribution is 2.32. The summed E-state index contributed by atoms with van der Waals surface area (Å²) < 4.78 is 10.0. The number of anilines is 3. The second-order valence-corrected chi connectivity index (χ2v) is 4.59. The summed E-state index contributed by atoms with van der Waals surface area (Å²) in [5, 5.41) is 3.19. The standard InChI is InChI=1S/C16H18N2O3/c1-10-7-8-14(20-2)13(9-10)18-12-6-4-5-11(15(12)17)16(19)21-3/h4-9,18H,17H2,1-3H3. The first-order valence-electron chi connectivity index (χ1n) is 6.45. The molecule has 0 atom stereocenters. The highest BCUT2D eigenvalue weighted by molar-refractivity contribution is 5.99. The van der Waals surface area contributed by atoms with Gasteiger partial charge in [0.25, 0.3) is 0 Å². The van der Waals surface area contributed by atoms with E-state index >= 15 is 0 Å². The molecule has 2 aromatic carbocycles. The molecule has 2 aromatic rings. The molecular formula is C16H18N2O3. The van der Waals surface area contributed by atoms with Crippen LogP contribution < -0.4 is 15.8 Å². The smallest absolute Gasteiger partial charge is 0.340 e. The summed E-state index contributed by atoms with van der Waals surface area (Å²) in [7, 11) is 2.93. The third kappa shape index (κ3) is 3.08. The first-order valence-corrected chi connectivity index (χ1v) is 6.45. The van der Waals surface area contributed by atoms with E-state index in [0.29, 0.717) is 22.7 Å². The first kappa shape index (κ1) is 14.7. The number of para-hydroxylation sites is 1. The number of benzene rings is 2. The molecule has 0 heterocycles. The summed E-state index contributed by atoms with van der Waals surface area (Å²) in [5.41, 5.74) is 9.20. The molecule has 0 fully saturated rings. The maximum Gasteiger partial charge on any atom is 0.340 e. The van der Waals surface area contributed by atoms with Gasteiger partial charge in [0, 0.05) is 0 Å². The maximum absolute atomic E-state index is 11.7. The van der Waals surface area contributed by atoms with Crippen LogP contribution in [0.15, 0.2) is 36.4 Å². The molecule has 2 rings (SSSR count). The van der Waals surface area contributed by atoms with Gasteiger partial charge >= 0.3 is 5.97 Å². The van der Waals surface area contributed by atoms with Crippen LogP contribution in [0.5, 0.6) is 5.75 Å². The van der Waals surface area contributed by atoms with Crippen LogP contribution in [0.4, 0.5) is 17.1 Å². The third-order valence-electron chi connectivity index (χ3n) is 3.14. The molecule has 0 aliphatic heterocycles. The van der Waals surface area contributed by atoms with E-state index in [0.717, 1.165) is 11.3 Å². The number of nitrogen functional groups attached to an aromatic ring is 1. The zero-order valence-corrected chi connectivity index (χ0v) is 12.3. The number of carbonyl (C=O) groups is 1. The van der Waals surface area contributed by atoms with Crippen molar-refractivity contribution in [3.63, 3.8) is 0 Å². The van der Waals surface area contributed by atoms with E-state index in [1.54, 1.807) is 25.3 Å². The van der Waals surface area contributed by atoms with Gasteiger partial charge in [-0.1, -0.05) is 12.1 Å². The van der Waals surface area contributed by atoms with Crippen molar-refractivity contribution in [2.24, 2.45) is 0 Å². The van der Waals surface area contributed by atoms with Crippen LogP contribution in [0.1, 0.15) is 15.9 Å². The first-order chi connectivity index (χ1) is 10.1. The zero-order chi connectivity index (χ0) is 15.4. The van der Waals surface area contributed by atoms with E-state index in [-0.39, 0.29) is 0 Å². The zero-order valence-electron chi connectivity index (χ0n) is 12.3. The van der Waals surface area contributed by atoms with Gasteiger partial charge in [-0.15, -0.1) is 0 Å². The Balaban J connectivity index is 2.41. The van der Waals surface area contributed by atoms with Gasteiger partial charge in [-0.25, -0.2) is 4.79 Å². The third-order valence-corrected chi connectivity index (χ3v) is 3.14. The fraction of sp³-hybridized carbons (Fsp3) is 0.188. The molecule has 0 amide bonds. The van der Waals surface area contributed by atoms with Crippen LogP contribution in [0, 0.1) is 6.92 Å². The van der Waals surface area contributed by atoms with Gasteiger partial charge in [-0.05, 0) is 36.8 Å². The van der Waals surface area contributed by atoms with E-state index in [9.17, 15) is 4.79 Å². The molecule has 0 bridgehead atoms. The normalized spacial score (nSPS) is 10.0. The average molecular weight is 286 g/mol. The number of aryl methyl sites for hydroxylation is 1. The van der Waals surface area contributed by atoms with Gasteiger partial charge in [-0.2, -0.15) is 0 Å². The highest BCUT2D eigenvalue weighted by atomic mass is 16.5. The number of hydrogen-bond acceptors (Lipinski definition) is 5. The van der Waals surface area contributed by atoms with Crippen molar-refractivity contribution in [3.8, 4) is 5.75 Å². The van der Waals surface area contributed by atoms with Crippen molar-refractivity contribution in [1.29, 1.82) is 0 Å². The summed E-state index contributed by atoms with van der Waals surface area (Å²) in [5.74, 6) is 0.232. The lowest BCUT2D eigenvalue weighted by Crippen LogP contribution is -2.08. The number of methoxy groups -OCH3 is 2. The van der Waals surface area contributed by atoms with E-state index in [1.165, 1.54) is 7.11 Å². The van der Waals surface area contributed by atoms with Crippen molar-refractivity contribution >= 4 is 23.0 Å². The molecule has 3 N–H and O–H groups in total. The number of esters is 1. The van der Waals surface area contributed by atoms with Crippen molar-refractivity contribution in [2.45, 2.75) is 6.92 Å². The number of nitrogens with one attached hydrogen (secondary N) is 1. The Morgan fingerprint density at radius 2 is 1.90 bits per heavy atom. The minimum Gasteiger partial charge on any atom is -0.495 e. The van der Waals surface area contributed by atoms with Crippen LogP contribution in [0.3, 0.4) is 0 Å². The predicted molar refractivity (Wildman–Crippen MR) is 83.2 cm³/mol. The summed E-state index contributed by atoms with van der Waals surface area (Å²) in [6.45, 7) is 1.98. The highest BCUT2D eigenvalue weighted by Gasteiger charge is 2.13. The quantitative estimate of drug-likeness (QED) is 0.667. The molecule has 21 heavy (non-hydrogen) atoms. The number of hydrogen-bond donors (Lipinski definition) is 2. The van der Waals surface area contributed by atoms with E-state index in [2.05, 4.69) is 5.32 Å². The van der Waals surface area contributed by atoms with E-state index in [4.69, 9.17) is 15.2 Å². The summed E-state index contributed by atoms with van der Waals surface area (Å²) in [6, 6.07) is 10.9. The van der Waals surface area contributed by atoms with Gasteiger partial charge in [0.15, 0.2) is 0 Å². The number of carbonyl (C=O) groups excluding carboxylic acids is 1.